The zero-order valence-electron chi connectivity index (χ0n) is 8.69. The highest BCUT2D eigenvalue weighted by Crippen LogP contribution is 2.35. The zero-order valence-corrected chi connectivity index (χ0v) is 9.50. The molecule has 1 fully saturated rings. The highest BCUT2D eigenvalue weighted by molar-refractivity contribution is 7.89. The van der Waals surface area contributed by atoms with Crippen molar-refractivity contribution in [1.29, 1.82) is 0 Å². The molecule has 0 atom stereocenters. The van der Waals surface area contributed by atoms with Crippen molar-refractivity contribution in [3.8, 4) is 0 Å². The smallest absolute Gasteiger partial charge is 0.325 e. The summed E-state index contributed by atoms with van der Waals surface area (Å²) in [4.78, 5) is 25.4. The predicted octanol–water partition coefficient (Wildman–Crippen LogP) is -2.13. The van der Waals surface area contributed by atoms with E-state index in [0.717, 1.165) is 6.20 Å². The Morgan fingerprint density at radius 2 is 2.06 bits per heavy atom. The van der Waals surface area contributed by atoms with Crippen LogP contribution in [-0.2, 0) is 10.0 Å². The van der Waals surface area contributed by atoms with Crippen molar-refractivity contribution < 1.29 is 13.5 Å². The minimum atomic E-state index is -4.04. The maximum atomic E-state index is 11.8. The predicted molar refractivity (Wildman–Crippen MR) is 57.1 cm³/mol. The Hall–Kier alpha value is -1.45. The fraction of sp³-hybridized carbons (Fsp3) is 0.500. The number of H-pyrrole nitrogens is 2. The molecule has 1 aromatic heterocycles. The van der Waals surface area contributed by atoms with Crippen LogP contribution < -0.4 is 16.0 Å². The van der Waals surface area contributed by atoms with Gasteiger partial charge in [0.25, 0.3) is 5.56 Å². The summed E-state index contributed by atoms with van der Waals surface area (Å²) in [5, 5.41) is 9.01. The Labute approximate surface area is 95.8 Å². The molecule has 8 nitrogen and oxygen atoms in total. The molecule has 1 heterocycles. The second-order valence-electron chi connectivity index (χ2n) is 3.98. The van der Waals surface area contributed by atoms with Crippen molar-refractivity contribution in [2.75, 3.05) is 6.61 Å². The van der Waals surface area contributed by atoms with Gasteiger partial charge >= 0.3 is 5.69 Å². The zero-order chi connectivity index (χ0) is 12.7. The van der Waals surface area contributed by atoms with Gasteiger partial charge in [-0.2, -0.15) is 0 Å². The molecule has 1 saturated carbocycles. The molecular formula is C8H11N3O5S. The molecule has 0 radical (unpaired) electrons. The molecule has 0 saturated heterocycles. The summed E-state index contributed by atoms with van der Waals surface area (Å²) >= 11 is 0. The molecule has 9 heteroatoms. The van der Waals surface area contributed by atoms with Crippen LogP contribution in [0.2, 0.25) is 0 Å². The van der Waals surface area contributed by atoms with Gasteiger partial charge in [-0.25, -0.2) is 17.9 Å². The lowest BCUT2D eigenvalue weighted by Crippen LogP contribution is -2.42. The second-order valence-corrected chi connectivity index (χ2v) is 5.63. The largest absolute Gasteiger partial charge is 0.394 e. The van der Waals surface area contributed by atoms with Crippen molar-refractivity contribution in [2.45, 2.75) is 23.3 Å². The number of aliphatic hydroxyl groups excluding tert-OH is 1. The summed E-state index contributed by atoms with van der Waals surface area (Å²) in [6, 6.07) is 0. The van der Waals surface area contributed by atoms with Crippen molar-refractivity contribution in [2.24, 2.45) is 0 Å². The van der Waals surface area contributed by atoms with Crippen molar-refractivity contribution in [3.63, 3.8) is 0 Å². The van der Waals surface area contributed by atoms with E-state index in [2.05, 4.69) is 9.71 Å². The number of hydrogen-bond donors (Lipinski definition) is 4. The first-order chi connectivity index (χ1) is 7.88. The fourth-order valence-corrected chi connectivity index (χ4v) is 2.84. The number of hydrogen-bond acceptors (Lipinski definition) is 5. The minimum Gasteiger partial charge on any atom is -0.394 e. The van der Waals surface area contributed by atoms with E-state index in [9.17, 15) is 18.0 Å². The summed E-state index contributed by atoms with van der Waals surface area (Å²) in [5.74, 6) is 0. The van der Waals surface area contributed by atoms with Gasteiger partial charge in [-0.05, 0) is 12.8 Å². The molecule has 0 aliphatic heterocycles. The maximum absolute atomic E-state index is 11.8. The summed E-state index contributed by atoms with van der Waals surface area (Å²) in [6.45, 7) is -0.326. The first-order valence-electron chi connectivity index (χ1n) is 4.85. The third-order valence-electron chi connectivity index (χ3n) is 2.58. The lowest BCUT2D eigenvalue weighted by molar-refractivity contribution is 0.246. The molecule has 1 aromatic rings. The van der Waals surface area contributed by atoms with Gasteiger partial charge in [-0.15, -0.1) is 0 Å². The molecule has 4 N–H and O–H groups in total. The molecule has 0 unspecified atom stereocenters. The maximum Gasteiger partial charge on any atom is 0.325 e. The van der Waals surface area contributed by atoms with Gasteiger partial charge in [0.05, 0.1) is 12.1 Å². The van der Waals surface area contributed by atoms with Crippen LogP contribution in [0, 0.1) is 0 Å². The van der Waals surface area contributed by atoms with Crippen molar-refractivity contribution in [3.05, 3.63) is 27.0 Å². The number of aliphatic hydroxyl groups is 1. The van der Waals surface area contributed by atoms with Crippen LogP contribution >= 0.6 is 0 Å². The highest BCUT2D eigenvalue weighted by Gasteiger charge is 2.46. The van der Waals surface area contributed by atoms with Gasteiger partial charge in [0, 0.05) is 6.20 Å². The topological polar surface area (TPSA) is 132 Å². The third-order valence-corrected chi connectivity index (χ3v) is 4.17. The number of nitrogens with one attached hydrogen (secondary N) is 3. The summed E-state index contributed by atoms with van der Waals surface area (Å²) in [6.07, 6.45) is 1.87. The quantitative estimate of drug-likeness (QED) is 0.491. The van der Waals surface area contributed by atoms with Crippen LogP contribution in [0.15, 0.2) is 20.7 Å². The van der Waals surface area contributed by atoms with Crippen LogP contribution in [-0.4, -0.2) is 35.6 Å². The van der Waals surface area contributed by atoms with Crippen molar-refractivity contribution >= 4 is 10.0 Å². The Kier molecular flexibility index (Phi) is 2.68. The molecule has 1 aliphatic rings. The average molecular weight is 261 g/mol. The van der Waals surface area contributed by atoms with E-state index in [1.165, 1.54) is 0 Å². The van der Waals surface area contributed by atoms with Crippen molar-refractivity contribution in [1.82, 2.24) is 14.7 Å². The van der Waals surface area contributed by atoms with E-state index in [1.807, 2.05) is 4.98 Å². The Bertz CT molecular complexity index is 640. The molecule has 0 bridgehead atoms. The molecule has 0 spiro atoms. The van der Waals surface area contributed by atoms with Crippen LogP contribution in [0.1, 0.15) is 12.8 Å². The van der Waals surface area contributed by atoms with E-state index >= 15 is 0 Å². The van der Waals surface area contributed by atoms with E-state index < -0.39 is 31.7 Å². The number of sulfonamides is 1. The Morgan fingerprint density at radius 1 is 1.41 bits per heavy atom. The van der Waals surface area contributed by atoms with E-state index in [4.69, 9.17) is 5.11 Å². The molecule has 0 aromatic carbocycles. The molecule has 2 rings (SSSR count). The summed E-state index contributed by atoms with van der Waals surface area (Å²) < 4.78 is 25.9. The van der Waals surface area contributed by atoms with Crippen LogP contribution in [0.4, 0.5) is 0 Å². The van der Waals surface area contributed by atoms with Gasteiger partial charge < -0.3 is 10.1 Å². The SMILES string of the molecule is O=c1[nH]cc(S(=O)(=O)NC2(CO)CC2)c(=O)[nH]1. The molecular weight excluding hydrogens is 250 g/mol. The molecule has 94 valence electrons. The first-order valence-corrected chi connectivity index (χ1v) is 6.34. The van der Waals surface area contributed by atoms with E-state index in [-0.39, 0.29) is 6.61 Å². The summed E-state index contributed by atoms with van der Waals surface area (Å²) in [5.41, 5.74) is -2.63. The number of aromatic amines is 2. The van der Waals surface area contributed by atoms with Gasteiger partial charge in [-0.3, -0.25) is 9.78 Å². The summed E-state index contributed by atoms with van der Waals surface area (Å²) in [7, 11) is -4.04. The molecule has 1 aliphatic carbocycles. The van der Waals surface area contributed by atoms with Gasteiger partial charge in [0.15, 0.2) is 4.90 Å². The third kappa shape index (κ3) is 2.30. The van der Waals surface area contributed by atoms with E-state index in [1.54, 1.807) is 0 Å². The minimum absolute atomic E-state index is 0.326. The number of aromatic nitrogens is 2. The Morgan fingerprint density at radius 3 is 2.53 bits per heavy atom. The molecule has 0 amide bonds. The number of rotatable bonds is 4. The average Bonchev–Trinajstić information content (AvgIpc) is 2.97. The van der Waals surface area contributed by atoms with E-state index in [0.29, 0.717) is 12.8 Å². The normalized spacial score (nSPS) is 17.9. The first kappa shape index (κ1) is 12.0. The Balaban J connectivity index is 2.39. The van der Waals surface area contributed by atoms with Crippen LogP contribution in [0.25, 0.3) is 0 Å². The lowest BCUT2D eigenvalue weighted by atomic mass is 10.3. The van der Waals surface area contributed by atoms with Gasteiger partial charge in [-0.1, -0.05) is 0 Å². The van der Waals surface area contributed by atoms with Crippen LogP contribution in [0.5, 0.6) is 0 Å². The monoisotopic (exact) mass is 261 g/mol. The fourth-order valence-electron chi connectivity index (χ4n) is 1.38. The van der Waals surface area contributed by atoms with Crippen LogP contribution in [0.3, 0.4) is 0 Å². The molecule has 17 heavy (non-hydrogen) atoms. The highest BCUT2D eigenvalue weighted by atomic mass is 32.2. The van der Waals surface area contributed by atoms with Gasteiger partial charge in [0.1, 0.15) is 0 Å². The van der Waals surface area contributed by atoms with Gasteiger partial charge in [0.2, 0.25) is 10.0 Å². The second kappa shape index (κ2) is 3.79. The standard InChI is InChI=1S/C8H11N3O5S/c12-4-8(1-2-8)11-17(15,16)5-3-9-7(14)10-6(5)13/h3,11-12H,1-2,4H2,(H2,9,10,13,14). The lowest BCUT2D eigenvalue weighted by Gasteiger charge is -2.13.